The van der Waals surface area contributed by atoms with Crippen molar-refractivity contribution in [1.82, 2.24) is 0 Å². The van der Waals surface area contributed by atoms with Gasteiger partial charge in [-0.15, -0.1) is 0 Å². The van der Waals surface area contributed by atoms with Crippen molar-refractivity contribution in [3.05, 3.63) is 24.7 Å². The summed E-state index contributed by atoms with van der Waals surface area (Å²) in [5.74, 6) is 0. The van der Waals surface area contributed by atoms with Gasteiger partial charge in [-0.05, 0) is 12.2 Å². The van der Waals surface area contributed by atoms with Crippen molar-refractivity contribution < 1.29 is 14.2 Å². The Labute approximate surface area is 59.6 Å². The van der Waals surface area contributed by atoms with E-state index in [1.54, 1.807) is 0 Å². The van der Waals surface area contributed by atoms with Crippen molar-refractivity contribution in [1.29, 1.82) is 0 Å². The lowest BCUT2D eigenvalue weighted by Crippen LogP contribution is -1.87. The standard InChI is InChI=1S/C7H11FO2/c8-4-3-7-10-6-2-1-5-9/h1-2,5-6,9H,3-4,7H2/b5-1+,6-2+. The van der Waals surface area contributed by atoms with E-state index in [0.29, 0.717) is 13.0 Å². The molecular weight excluding hydrogens is 135 g/mol. The van der Waals surface area contributed by atoms with Gasteiger partial charge in [-0.1, -0.05) is 0 Å². The molecule has 0 amide bonds. The first-order chi connectivity index (χ1) is 4.91. The minimum absolute atomic E-state index is 0.357. The summed E-state index contributed by atoms with van der Waals surface area (Å²) in [4.78, 5) is 0. The molecule has 0 saturated heterocycles. The molecule has 0 saturated carbocycles. The number of rotatable bonds is 5. The Morgan fingerprint density at radius 2 is 2.20 bits per heavy atom. The molecule has 0 heterocycles. The molecule has 0 aromatic carbocycles. The molecule has 0 fully saturated rings. The molecule has 0 unspecified atom stereocenters. The Bertz CT molecular complexity index is 110. The molecule has 0 radical (unpaired) electrons. The molecule has 2 nitrogen and oxygen atoms in total. The second kappa shape index (κ2) is 8.01. The van der Waals surface area contributed by atoms with Crippen molar-refractivity contribution in [2.24, 2.45) is 0 Å². The van der Waals surface area contributed by atoms with Crippen LogP contribution in [0.2, 0.25) is 0 Å². The van der Waals surface area contributed by atoms with E-state index in [2.05, 4.69) is 0 Å². The summed E-state index contributed by atoms with van der Waals surface area (Å²) < 4.78 is 16.2. The second-order valence-electron chi connectivity index (χ2n) is 1.58. The summed E-state index contributed by atoms with van der Waals surface area (Å²) in [6, 6.07) is 0. The van der Waals surface area contributed by atoms with Crippen LogP contribution in [0.5, 0.6) is 0 Å². The molecule has 0 aromatic heterocycles. The van der Waals surface area contributed by atoms with Crippen molar-refractivity contribution in [3.63, 3.8) is 0 Å². The van der Waals surface area contributed by atoms with E-state index < -0.39 is 0 Å². The van der Waals surface area contributed by atoms with Gasteiger partial charge in [-0.2, -0.15) is 0 Å². The van der Waals surface area contributed by atoms with E-state index >= 15 is 0 Å². The lowest BCUT2D eigenvalue weighted by atomic mass is 10.5. The fourth-order valence-corrected chi connectivity index (χ4v) is 0.357. The van der Waals surface area contributed by atoms with Gasteiger partial charge in [-0.3, -0.25) is 4.39 Å². The Balaban J connectivity index is 3.02. The molecule has 0 bridgehead atoms. The van der Waals surface area contributed by atoms with Gasteiger partial charge in [0.2, 0.25) is 0 Å². The summed E-state index contributed by atoms with van der Waals surface area (Å²) >= 11 is 0. The summed E-state index contributed by atoms with van der Waals surface area (Å²) in [7, 11) is 0. The van der Waals surface area contributed by atoms with E-state index in [1.807, 2.05) is 0 Å². The largest absolute Gasteiger partial charge is 0.516 e. The van der Waals surface area contributed by atoms with Gasteiger partial charge in [0.25, 0.3) is 0 Å². The van der Waals surface area contributed by atoms with Gasteiger partial charge in [0, 0.05) is 6.42 Å². The normalized spacial score (nSPS) is 11.3. The molecule has 0 aliphatic carbocycles. The molecule has 3 heteroatoms. The van der Waals surface area contributed by atoms with Crippen molar-refractivity contribution in [2.75, 3.05) is 13.3 Å². The highest BCUT2D eigenvalue weighted by atomic mass is 19.1. The number of allylic oxidation sites excluding steroid dienone is 2. The minimum atomic E-state index is -0.357. The van der Waals surface area contributed by atoms with Crippen LogP contribution in [-0.2, 0) is 4.74 Å². The minimum Gasteiger partial charge on any atom is -0.516 e. The second-order valence-corrected chi connectivity index (χ2v) is 1.58. The van der Waals surface area contributed by atoms with Gasteiger partial charge in [0.05, 0.1) is 25.8 Å². The number of aliphatic hydroxyl groups is 1. The number of hydrogen-bond acceptors (Lipinski definition) is 2. The summed E-state index contributed by atoms with van der Waals surface area (Å²) in [6.07, 6.45) is 5.65. The monoisotopic (exact) mass is 146 g/mol. The predicted molar refractivity (Wildman–Crippen MR) is 37.5 cm³/mol. The van der Waals surface area contributed by atoms with Crippen LogP contribution in [0.15, 0.2) is 24.7 Å². The number of aliphatic hydroxyl groups excluding tert-OH is 1. The summed E-state index contributed by atoms with van der Waals surface area (Å²) in [6.45, 7) is 0.0238. The highest BCUT2D eigenvalue weighted by molar-refractivity contribution is 4.95. The highest BCUT2D eigenvalue weighted by Crippen LogP contribution is 1.84. The number of ether oxygens (including phenoxy) is 1. The van der Waals surface area contributed by atoms with Crippen molar-refractivity contribution >= 4 is 0 Å². The molecule has 0 atom stereocenters. The molecule has 0 aliphatic heterocycles. The van der Waals surface area contributed by atoms with Gasteiger partial charge >= 0.3 is 0 Å². The zero-order valence-corrected chi connectivity index (χ0v) is 5.66. The van der Waals surface area contributed by atoms with Crippen LogP contribution >= 0.6 is 0 Å². The predicted octanol–water partition coefficient (Wildman–Crippen LogP) is 1.95. The zero-order chi connectivity index (χ0) is 7.66. The summed E-state index contributed by atoms with van der Waals surface area (Å²) in [5.41, 5.74) is 0. The lowest BCUT2D eigenvalue weighted by molar-refractivity contribution is 0.231. The van der Waals surface area contributed by atoms with E-state index in [4.69, 9.17) is 9.84 Å². The third-order valence-electron chi connectivity index (χ3n) is 0.768. The van der Waals surface area contributed by atoms with Crippen LogP contribution in [0.4, 0.5) is 4.39 Å². The van der Waals surface area contributed by atoms with Crippen LogP contribution < -0.4 is 0 Å². The quantitative estimate of drug-likeness (QED) is 0.365. The van der Waals surface area contributed by atoms with E-state index in [-0.39, 0.29) is 6.67 Å². The van der Waals surface area contributed by atoms with E-state index in [0.717, 1.165) is 6.26 Å². The lowest BCUT2D eigenvalue weighted by Gasteiger charge is -1.93. The van der Waals surface area contributed by atoms with Crippen LogP contribution in [0.25, 0.3) is 0 Å². The maximum absolute atomic E-state index is 11.4. The Morgan fingerprint density at radius 3 is 2.80 bits per heavy atom. The molecule has 1 N–H and O–H groups in total. The van der Waals surface area contributed by atoms with E-state index in [9.17, 15) is 4.39 Å². The SMILES string of the molecule is O/C=C/C=C/OCCCF. The number of hydrogen-bond donors (Lipinski definition) is 1. The smallest absolute Gasteiger partial charge is 0.0926 e. The van der Waals surface area contributed by atoms with Crippen molar-refractivity contribution in [2.45, 2.75) is 6.42 Å². The molecule has 0 aromatic rings. The Hall–Kier alpha value is -0.990. The average Bonchev–Trinajstić information content (AvgIpc) is 1.97. The van der Waals surface area contributed by atoms with Gasteiger partial charge in [0.1, 0.15) is 0 Å². The maximum atomic E-state index is 11.4. The van der Waals surface area contributed by atoms with Crippen molar-refractivity contribution in [3.8, 4) is 0 Å². The maximum Gasteiger partial charge on any atom is 0.0926 e. The topological polar surface area (TPSA) is 29.5 Å². The van der Waals surface area contributed by atoms with Crippen LogP contribution in [-0.4, -0.2) is 18.4 Å². The number of alkyl halides is 1. The third-order valence-corrected chi connectivity index (χ3v) is 0.768. The first kappa shape index (κ1) is 9.01. The van der Waals surface area contributed by atoms with Gasteiger partial charge < -0.3 is 9.84 Å². The molecule has 58 valence electrons. The molecule has 0 spiro atoms. The molecule has 0 rings (SSSR count). The van der Waals surface area contributed by atoms with Crippen LogP contribution in [0, 0.1) is 0 Å². The van der Waals surface area contributed by atoms with E-state index in [1.165, 1.54) is 18.4 Å². The fourth-order valence-electron chi connectivity index (χ4n) is 0.357. The first-order valence-electron chi connectivity index (χ1n) is 3.05. The molecular formula is C7H11FO2. The van der Waals surface area contributed by atoms with Crippen LogP contribution in [0.3, 0.4) is 0 Å². The van der Waals surface area contributed by atoms with Crippen LogP contribution in [0.1, 0.15) is 6.42 Å². The average molecular weight is 146 g/mol. The fraction of sp³-hybridized carbons (Fsp3) is 0.429. The zero-order valence-electron chi connectivity index (χ0n) is 5.66. The molecule has 10 heavy (non-hydrogen) atoms. The summed E-state index contributed by atoms with van der Waals surface area (Å²) in [5, 5.41) is 8.12. The van der Waals surface area contributed by atoms with Gasteiger partial charge in [-0.25, -0.2) is 0 Å². The Morgan fingerprint density at radius 1 is 1.40 bits per heavy atom. The highest BCUT2D eigenvalue weighted by Gasteiger charge is 1.80. The first-order valence-corrected chi connectivity index (χ1v) is 3.05. The molecule has 0 aliphatic rings. The number of halogens is 1. The van der Waals surface area contributed by atoms with Gasteiger partial charge in [0.15, 0.2) is 0 Å². The third kappa shape index (κ3) is 7.01. The Kier molecular flexibility index (Phi) is 7.22.